The molecule has 1 N–H and O–H groups in total. The number of fused-ring (bicyclic) bond motifs is 1. The van der Waals surface area contributed by atoms with E-state index in [2.05, 4.69) is 5.16 Å². The molecule has 4 aromatic carbocycles. The van der Waals surface area contributed by atoms with Crippen LogP contribution in [0.5, 0.6) is 5.75 Å². The standard InChI is InChI=1S/C30H23Cl2NO4/c1-17(2)29-24(28(33-37-29)27-25(31)11-6-12-26(27)32)16-36-21-9-5-8-19(14-21)23-15-20(30(34)35)13-18-7-3-4-10-22(18)23/h3-15,17H,16H2,1-2H3,(H,34,35). The maximum atomic E-state index is 11.8. The van der Waals surface area contributed by atoms with Crippen molar-refractivity contribution in [1.29, 1.82) is 0 Å². The zero-order valence-electron chi connectivity index (χ0n) is 20.2. The number of halogens is 2. The summed E-state index contributed by atoms with van der Waals surface area (Å²) < 4.78 is 11.9. The van der Waals surface area contributed by atoms with Crippen LogP contribution in [0.25, 0.3) is 33.2 Å². The third-order valence-corrected chi connectivity index (χ3v) is 6.81. The van der Waals surface area contributed by atoms with Crippen LogP contribution in [0, 0.1) is 0 Å². The fraction of sp³-hybridized carbons (Fsp3) is 0.133. The molecule has 0 radical (unpaired) electrons. The molecule has 0 unspecified atom stereocenters. The van der Waals surface area contributed by atoms with Crippen molar-refractivity contribution in [3.63, 3.8) is 0 Å². The van der Waals surface area contributed by atoms with Gasteiger partial charge in [-0.3, -0.25) is 0 Å². The largest absolute Gasteiger partial charge is 0.489 e. The van der Waals surface area contributed by atoms with E-state index in [1.54, 1.807) is 30.3 Å². The highest BCUT2D eigenvalue weighted by Gasteiger charge is 2.24. The quantitative estimate of drug-likeness (QED) is 0.227. The first-order valence-electron chi connectivity index (χ1n) is 11.8. The van der Waals surface area contributed by atoms with E-state index in [0.29, 0.717) is 32.8 Å². The smallest absolute Gasteiger partial charge is 0.335 e. The number of carboxylic acids is 1. The van der Waals surface area contributed by atoms with Gasteiger partial charge >= 0.3 is 5.97 Å². The Labute approximate surface area is 224 Å². The molecule has 0 bridgehead atoms. The summed E-state index contributed by atoms with van der Waals surface area (Å²) in [5.41, 5.74) is 3.82. The van der Waals surface area contributed by atoms with E-state index < -0.39 is 5.97 Å². The lowest BCUT2D eigenvalue weighted by Crippen LogP contribution is -2.01. The van der Waals surface area contributed by atoms with Gasteiger partial charge in [0.1, 0.15) is 23.8 Å². The highest BCUT2D eigenvalue weighted by atomic mass is 35.5. The molecule has 5 nitrogen and oxygen atoms in total. The second kappa shape index (κ2) is 10.3. The summed E-state index contributed by atoms with van der Waals surface area (Å²) in [6, 6.07) is 24.0. The highest BCUT2D eigenvalue weighted by molar-refractivity contribution is 6.39. The summed E-state index contributed by atoms with van der Waals surface area (Å²) in [4.78, 5) is 11.8. The number of rotatable bonds is 7. The van der Waals surface area contributed by atoms with E-state index in [4.69, 9.17) is 32.5 Å². The van der Waals surface area contributed by atoms with E-state index in [-0.39, 0.29) is 18.1 Å². The first-order valence-corrected chi connectivity index (χ1v) is 12.5. The van der Waals surface area contributed by atoms with E-state index in [0.717, 1.165) is 27.5 Å². The fourth-order valence-electron chi connectivity index (χ4n) is 4.42. The van der Waals surface area contributed by atoms with Gasteiger partial charge in [0.15, 0.2) is 0 Å². The van der Waals surface area contributed by atoms with Gasteiger partial charge < -0.3 is 14.4 Å². The first-order chi connectivity index (χ1) is 17.8. The molecule has 5 rings (SSSR count). The topological polar surface area (TPSA) is 72.6 Å². The summed E-state index contributed by atoms with van der Waals surface area (Å²) in [5, 5.41) is 16.7. The monoisotopic (exact) mass is 531 g/mol. The number of nitrogens with zero attached hydrogens (tertiary/aromatic N) is 1. The molecule has 0 saturated heterocycles. The van der Waals surface area contributed by atoms with Crippen LogP contribution in [-0.2, 0) is 6.61 Å². The summed E-state index contributed by atoms with van der Waals surface area (Å²) in [5.74, 6) is 0.410. The van der Waals surface area contributed by atoms with E-state index >= 15 is 0 Å². The Hall–Kier alpha value is -3.80. The van der Waals surface area contributed by atoms with Crippen LogP contribution in [0.1, 0.15) is 41.4 Å². The minimum atomic E-state index is -0.973. The fourth-order valence-corrected chi connectivity index (χ4v) is 4.99. The average molecular weight is 532 g/mol. The normalized spacial score (nSPS) is 11.3. The predicted molar refractivity (Wildman–Crippen MR) is 147 cm³/mol. The zero-order chi connectivity index (χ0) is 26.1. The third kappa shape index (κ3) is 4.93. The van der Waals surface area contributed by atoms with Crippen LogP contribution in [0.15, 0.2) is 83.4 Å². The molecule has 0 spiro atoms. The molecular formula is C30H23Cl2NO4. The lowest BCUT2D eigenvalue weighted by atomic mass is 9.95. The Morgan fingerprint density at radius 3 is 2.43 bits per heavy atom. The number of aromatic nitrogens is 1. The van der Waals surface area contributed by atoms with Gasteiger partial charge in [-0.1, -0.05) is 84.7 Å². The van der Waals surface area contributed by atoms with Gasteiger partial charge in [-0.2, -0.15) is 0 Å². The maximum absolute atomic E-state index is 11.8. The Kier molecular flexibility index (Phi) is 6.92. The van der Waals surface area contributed by atoms with Crippen LogP contribution < -0.4 is 4.74 Å². The average Bonchev–Trinajstić information content (AvgIpc) is 3.30. The van der Waals surface area contributed by atoms with Gasteiger partial charge in [0.2, 0.25) is 0 Å². The van der Waals surface area contributed by atoms with E-state index in [1.165, 1.54) is 0 Å². The van der Waals surface area contributed by atoms with Crippen molar-refractivity contribution in [3.8, 4) is 28.1 Å². The van der Waals surface area contributed by atoms with Crippen LogP contribution in [0.2, 0.25) is 10.0 Å². The van der Waals surface area contributed by atoms with Gasteiger partial charge in [-0.25, -0.2) is 4.79 Å². The van der Waals surface area contributed by atoms with Gasteiger partial charge in [0.05, 0.1) is 21.2 Å². The number of hydrogen-bond donors (Lipinski definition) is 1. The van der Waals surface area contributed by atoms with E-state index in [1.807, 2.05) is 62.4 Å². The maximum Gasteiger partial charge on any atom is 0.335 e. The van der Waals surface area contributed by atoms with E-state index in [9.17, 15) is 9.90 Å². The number of aromatic carboxylic acids is 1. The molecule has 0 aliphatic carbocycles. The molecule has 1 heterocycles. The third-order valence-electron chi connectivity index (χ3n) is 6.18. The lowest BCUT2D eigenvalue weighted by molar-refractivity contribution is 0.0697. The molecule has 0 aliphatic rings. The number of carboxylic acid groups (broad SMARTS) is 1. The molecule has 5 aromatic rings. The molecule has 37 heavy (non-hydrogen) atoms. The predicted octanol–water partition coefficient (Wildman–Crippen LogP) is 8.87. The summed E-state index contributed by atoms with van der Waals surface area (Å²) in [7, 11) is 0. The van der Waals surface area contributed by atoms with Gasteiger partial charge in [-0.15, -0.1) is 0 Å². The molecular weight excluding hydrogens is 509 g/mol. The Morgan fingerprint density at radius 2 is 1.70 bits per heavy atom. The van der Waals surface area contributed by atoms with Crippen molar-refractivity contribution in [2.75, 3.05) is 0 Å². The Balaban J connectivity index is 1.52. The van der Waals surface area contributed by atoms with Crippen LogP contribution in [-0.4, -0.2) is 16.2 Å². The van der Waals surface area contributed by atoms with Crippen molar-refractivity contribution in [2.24, 2.45) is 0 Å². The van der Waals surface area contributed by atoms with Crippen molar-refractivity contribution in [1.82, 2.24) is 5.16 Å². The number of benzene rings is 4. The molecule has 0 saturated carbocycles. The summed E-state index contributed by atoms with van der Waals surface area (Å²) in [6.45, 7) is 4.22. The summed E-state index contributed by atoms with van der Waals surface area (Å²) >= 11 is 12.9. The van der Waals surface area contributed by atoms with Gasteiger partial charge in [0.25, 0.3) is 0 Å². The van der Waals surface area contributed by atoms with Crippen LogP contribution >= 0.6 is 23.2 Å². The minimum absolute atomic E-state index is 0.0672. The molecule has 1 aromatic heterocycles. The second-order valence-corrected chi connectivity index (χ2v) is 9.81. The van der Waals surface area contributed by atoms with Crippen molar-refractivity contribution in [3.05, 3.63) is 106 Å². The Morgan fingerprint density at radius 1 is 0.973 bits per heavy atom. The number of ether oxygens (including phenoxy) is 1. The SMILES string of the molecule is CC(C)c1onc(-c2c(Cl)cccc2Cl)c1COc1cccc(-c2cc(C(=O)O)cc3ccccc23)c1. The number of carbonyl (C=O) groups is 1. The summed E-state index contributed by atoms with van der Waals surface area (Å²) in [6.07, 6.45) is 0. The van der Waals surface area contributed by atoms with Crippen molar-refractivity contribution >= 4 is 39.9 Å². The van der Waals surface area contributed by atoms with Gasteiger partial charge in [0, 0.05) is 11.5 Å². The van der Waals surface area contributed by atoms with Crippen molar-refractivity contribution < 1.29 is 19.2 Å². The van der Waals surface area contributed by atoms with Crippen LogP contribution in [0.4, 0.5) is 0 Å². The zero-order valence-corrected chi connectivity index (χ0v) is 21.7. The van der Waals surface area contributed by atoms with Crippen LogP contribution in [0.3, 0.4) is 0 Å². The molecule has 0 atom stereocenters. The molecule has 186 valence electrons. The number of hydrogen-bond acceptors (Lipinski definition) is 4. The second-order valence-electron chi connectivity index (χ2n) is 8.99. The lowest BCUT2D eigenvalue weighted by Gasteiger charge is -2.13. The van der Waals surface area contributed by atoms with Crippen molar-refractivity contribution in [2.45, 2.75) is 26.4 Å². The van der Waals surface area contributed by atoms with Gasteiger partial charge in [-0.05, 0) is 58.3 Å². The molecule has 0 amide bonds. The Bertz CT molecular complexity index is 1600. The molecule has 0 fully saturated rings. The minimum Gasteiger partial charge on any atom is -0.489 e. The molecule has 0 aliphatic heterocycles. The first kappa shape index (κ1) is 24.9. The molecule has 7 heteroatoms. The highest BCUT2D eigenvalue weighted by Crippen LogP contribution is 2.39.